The van der Waals surface area contributed by atoms with Gasteiger partial charge < -0.3 is 5.73 Å². The van der Waals surface area contributed by atoms with E-state index < -0.39 is 6.03 Å². The molecule has 1 heterocycles. The van der Waals surface area contributed by atoms with Crippen molar-refractivity contribution in [3.05, 3.63) is 52.5 Å². The molecule has 2 aromatic carbocycles. The Hall–Kier alpha value is -2.74. The van der Waals surface area contributed by atoms with Gasteiger partial charge in [-0.3, -0.25) is 4.90 Å². The number of hydrogen-bond donors (Lipinski definition) is 2. The minimum atomic E-state index is -0.550. The lowest BCUT2D eigenvalue weighted by atomic mass is 10.0. The first-order valence-corrected chi connectivity index (χ1v) is 15.1. The third kappa shape index (κ3) is 9.53. The second-order valence-corrected chi connectivity index (χ2v) is 11.0. The summed E-state index contributed by atoms with van der Waals surface area (Å²) in [6.45, 7) is 2.27. The minimum absolute atomic E-state index is 0.400. The van der Waals surface area contributed by atoms with Gasteiger partial charge in [-0.15, -0.1) is 10.2 Å². The second-order valence-electron chi connectivity index (χ2n) is 10.0. The maximum Gasteiger partial charge on any atom is 0.323 e. The molecule has 0 radical (unpaired) electrons. The summed E-state index contributed by atoms with van der Waals surface area (Å²) >= 11 is 3.50. The number of benzene rings is 2. The van der Waals surface area contributed by atoms with E-state index in [0.717, 1.165) is 28.6 Å². The summed E-state index contributed by atoms with van der Waals surface area (Å²) in [7, 11) is 0. The second kappa shape index (κ2) is 17.0. The van der Waals surface area contributed by atoms with Crippen molar-refractivity contribution in [1.82, 2.24) is 20.6 Å². The Morgan fingerprint density at radius 1 is 0.842 bits per heavy atom. The molecular formula is C30H43BrN6O. The molecule has 0 spiro atoms. The van der Waals surface area contributed by atoms with Gasteiger partial charge in [-0.05, 0) is 47.9 Å². The van der Waals surface area contributed by atoms with Crippen LogP contribution in [-0.2, 0) is 6.42 Å². The summed E-state index contributed by atoms with van der Waals surface area (Å²) in [5, 5.41) is 14.4. The number of rotatable bonds is 18. The number of amides is 2. The molecule has 0 bridgehead atoms. The van der Waals surface area contributed by atoms with Gasteiger partial charge in [0.25, 0.3) is 0 Å². The van der Waals surface area contributed by atoms with E-state index in [1.165, 1.54) is 83.5 Å². The molecule has 0 aliphatic heterocycles. The van der Waals surface area contributed by atoms with Crippen LogP contribution in [0.25, 0.3) is 11.4 Å². The summed E-state index contributed by atoms with van der Waals surface area (Å²) in [4.78, 5) is 14.3. The fourth-order valence-corrected chi connectivity index (χ4v) is 5.34. The van der Waals surface area contributed by atoms with Gasteiger partial charge in [-0.25, -0.2) is 4.79 Å². The van der Waals surface area contributed by atoms with Crippen LogP contribution in [0.15, 0.2) is 46.9 Å². The van der Waals surface area contributed by atoms with Crippen LogP contribution >= 0.6 is 15.9 Å². The van der Waals surface area contributed by atoms with Gasteiger partial charge in [0.15, 0.2) is 0 Å². The van der Waals surface area contributed by atoms with Gasteiger partial charge >= 0.3 is 6.03 Å². The quantitative estimate of drug-likeness (QED) is 0.146. The number of tetrazole rings is 1. The maximum atomic E-state index is 12.7. The maximum absolute atomic E-state index is 12.7. The number of carbonyl (C=O) groups is 1. The van der Waals surface area contributed by atoms with Gasteiger partial charge in [0.1, 0.15) is 0 Å². The van der Waals surface area contributed by atoms with E-state index in [2.05, 4.69) is 49.5 Å². The highest BCUT2D eigenvalue weighted by Crippen LogP contribution is 2.37. The van der Waals surface area contributed by atoms with E-state index >= 15 is 0 Å². The molecule has 0 saturated heterocycles. The molecule has 0 atom stereocenters. The molecule has 1 aromatic heterocycles. The number of urea groups is 1. The molecule has 38 heavy (non-hydrogen) atoms. The molecule has 206 valence electrons. The number of halogens is 1. The molecule has 2 amide bonds. The average molecular weight is 584 g/mol. The van der Waals surface area contributed by atoms with Crippen LogP contribution in [0.4, 0.5) is 16.2 Å². The number of nitrogens with one attached hydrogen (secondary N) is 1. The summed E-state index contributed by atoms with van der Waals surface area (Å²) < 4.78 is 0.848. The monoisotopic (exact) mass is 582 g/mol. The van der Waals surface area contributed by atoms with E-state index in [9.17, 15) is 4.79 Å². The van der Waals surface area contributed by atoms with E-state index in [-0.39, 0.29) is 0 Å². The minimum Gasteiger partial charge on any atom is -0.351 e. The first-order chi connectivity index (χ1) is 18.6. The zero-order valence-corrected chi connectivity index (χ0v) is 24.4. The fourth-order valence-electron chi connectivity index (χ4n) is 4.98. The Morgan fingerprint density at radius 2 is 1.45 bits per heavy atom. The average Bonchev–Trinajstić information content (AvgIpc) is 3.45. The number of nitrogens with zero attached hydrogens (tertiary/aromatic N) is 4. The zero-order chi connectivity index (χ0) is 27.0. The van der Waals surface area contributed by atoms with Crippen molar-refractivity contribution in [3.8, 4) is 11.4 Å². The lowest BCUT2D eigenvalue weighted by molar-refractivity contribution is 0.256. The summed E-state index contributed by atoms with van der Waals surface area (Å²) in [5.74, 6) is 0.400. The number of aromatic nitrogens is 4. The topological polar surface area (TPSA) is 101 Å². The van der Waals surface area contributed by atoms with Crippen molar-refractivity contribution in [1.29, 1.82) is 0 Å². The number of aryl methyl sites for hydroxylation is 1. The first-order valence-electron chi connectivity index (χ1n) is 14.3. The Labute approximate surface area is 236 Å². The van der Waals surface area contributed by atoms with Gasteiger partial charge in [-0.1, -0.05) is 125 Å². The Kier molecular flexibility index (Phi) is 13.3. The molecule has 3 N–H and O–H groups in total. The van der Waals surface area contributed by atoms with E-state index in [1.54, 1.807) is 4.90 Å². The lowest BCUT2D eigenvalue weighted by Gasteiger charge is -2.25. The Bertz CT molecular complexity index is 1090. The van der Waals surface area contributed by atoms with Crippen LogP contribution in [0.5, 0.6) is 0 Å². The molecular weight excluding hydrogens is 540 g/mol. The molecule has 0 unspecified atom stereocenters. The molecule has 8 heteroatoms. The summed E-state index contributed by atoms with van der Waals surface area (Å²) in [6.07, 6.45) is 19.6. The van der Waals surface area contributed by atoms with E-state index in [0.29, 0.717) is 17.1 Å². The van der Waals surface area contributed by atoms with Crippen LogP contribution in [0.3, 0.4) is 0 Å². The third-order valence-electron chi connectivity index (χ3n) is 7.04. The third-order valence-corrected chi connectivity index (χ3v) is 7.53. The van der Waals surface area contributed by atoms with Crippen LogP contribution in [-0.4, -0.2) is 26.7 Å². The molecule has 3 rings (SSSR count). The molecule has 0 saturated carbocycles. The number of para-hydroxylation sites is 1. The number of primary amides is 1. The van der Waals surface area contributed by atoms with Crippen LogP contribution in [0, 0.1) is 0 Å². The number of hydrogen-bond acceptors (Lipinski definition) is 4. The van der Waals surface area contributed by atoms with Gasteiger partial charge in [0.05, 0.1) is 11.4 Å². The van der Waals surface area contributed by atoms with Crippen molar-refractivity contribution in [2.45, 2.75) is 103 Å². The summed E-state index contributed by atoms with van der Waals surface area (Å²) in [6, 6.07) is 13.0. The number of aromatic amines is 1. The predicted molar refractivity (Wildman–Crippen MR) is 159 cm³/mol. The standard InChI is InChI=1S/C30H43BrN6O/c1-2-3-4-5-6-7-8-9-10-11-12-13-14-15-18-24-19-16-17-20-27(24)37(30(32)38)28-22-21-25(31)23-26(28)29-33-35-36-34-29/h16-17,19-23H,2-15,18H2,1H3,(H2,32,38)(H,33,34,35,36). The van der Waals surface area contributed by atoms with Gasteiger partial charge in [0.2, 0.25) is 5.82 Å². The highest BCUT2D eigenvalue weighted by atomic mass is 79.9. The predicted octanol–water partition coefficient (Wildman–Crippen LogP) is 8.87. The van der Waals surface area contributed by atoms with Crippen LogP contribution < -0.4 is 10.6 Å². The SMILES string of the molecule is CCCCCCCCCCCCCCCCc1ccccc1N(C(N)=O)c1ccc(Br)cc1-c1nn[nH]n1. The smallest absolute Gasteiger partial charge is 0.323 e. The van der Waals surface area contributed by atoms with Gasteiger partial charge in [0, 0.05) is 10.0 Å². The van der Waals surface area contributed by atoms with E-state index in [1.807, 2.05) is 36.4 Å². The van der Waals surface area contributed by atoms with Crippen molar-refractivity contribution >= 4 is 33.3 Å². The fraction of sp³-hybridized carbons (Fsp3) is 0.533. The molecule has 7 nitrogen and oxygen atoms in total. The van der Waals surface area contributed by atoms with Crippen LogP contribution in [0.2, 0.25) is 0 Å². The number of H-pyrrole nitrogens is 1. The summed E-state index contributed by atoms with van der Waals surface area (Å²) in [5.41, 5.74) is 9.10. The van der Waals surface area contributed by atoms with Crippen molar-refractivity contribution < 1.29 is 4.79 Å². The molecule has 3 aromatic rings. The lowest BCUT2D eigenvalue weighted by Crippen LogP contribution is -2.32. The first kappa shape index (κ1) is 29.8. The normalized spacial score (nSPS) is 11.1. The molecule has 0 aliphatic carbocycles. The van der Waals surface area contributed by atoms with Crippen molar-refractivity contribution in [2.24, 2.45) is 5.73 Å². The number of nitrogens with two attached hydrogens (primary N) is 1. The zero-order valence-electron chi connectivity index (χ0n) is 22.8. The highest BCUT2D eigenvalue weighted by molar-refractivity contribution is 9.10. The van der Waals surface area contributed by atoms with Crippen LogP contribution in [0.1, 0.15) is 102 Å². The Morgan fingerprint density at radius 3 is 2.03 bits per heavy atom. The molecule has 0 aliphatic rings. The van der Waals surface area contributed by atoms with Gasteiger partial charge in [-0.2, -0.15) is 5.21 Å². The van der Waals surface area contributed by atoms with E-state index in [4.69, 9.17) is 5.73 Å². The van der Waals surface area contributed by atoms with Crippen molar-refractivity contribution in [2.75, 3.05) is 4.90 Å². The Balaban J connectivity index is 1.49. The van der Waals surface area contributed by atoms with Crippen molar-refractivity contribution in [3.63, 3.8) is 0 Å². The number of anilines is 2. The number of carbonyl (C=O) groups excluding carboxylic acids is 1. The largest absolute Gasteiger partial charge is 0.351 e. The molecule has 0 fully saturated rings. The number of unbranched alkanes of at least 4 members (excludes halogenated alkanes) is 13. The highest BCUT2D eigenvalue weighted by Gasteiger charge is 2.23.